The molecular formula is C15H15FN2O2. The fourth-order valence-electron chi connectivity index (χ4n) is 1.94. The molecule has 2 aromatic rings. The molecule has 2 aromatic carbocycles. The van der Waals surface area contributed by atoms with E-state index in [-0.39, 0.29) is 18.0 Å². The van der Waals surface area contributed by atoms with Crippen molar-refractivity contribution in [1.82, 2.24) is 0 Å². The predicted molar refractivity (Wildman–Crippen MR) is 76.3 cm³/mol. The van der Waals surface area contributed by atoms with Gasteiger partial charge in [0, 0.05) is 29.9 Å². The number of rotatable bonds is 4. The molecule has 0 bridgehead atoms. The minimum Gasteiger partial charge on any atom is -0.380 e. The second-order valence-electron chi connectivity index (χ2n) is 4.70. The summed E-state index contributed by atoms with van der Waals surface area (Å²) in [5.74, 6) is -0.286. The lowest BCUT2D eigenvalue weighted by molar-refractivity contribution is -0.384. The van der Waals surface area contributed by atoms with Gasteiger partial charge < -0.3 is 5.32 Å². The van der Waals surface area contributed by atoms with Crippen LogP contribution in [0.1, 0.15) is 16.7 Å². The third kappa shape index (κ3) is 3.12. The van der Waals surface area contributed by atoms with Gasteiger partial charge in [0.2, 0.25) is 0 Å². The first-order chi connectivity index (χ1) is 9.47. The molecule has 0 saturated carbocycles. The van der Waals surface area contributed by atoms with E-state index < -0.39 is 4.92 Å². The Labute approximate surface area is 116 Å². The van der Waals surface area contributed by atoms with Gasteiger partial charge in [0.25, 0.3) is 5.69 Å². The minimum atomic E-state index is -0.447. The third-order valence-corrected chi connectivity index (χ3v) is 3.10. The molecule has 0 heterocycles. The largest absolute Gasteiger partial charge is 0.380 e. The quantitative estimate of drug-likeness (QED) is 0.678. The molecule has 0 spiro atoms. The Balaban J connectivity index is 2.20. The van der Waals surface area contributed by atoms with Crippen LogP contribution in [-0.4, -0.2) is 4.92 Å². The van der Waals surface area contributed by atoms with Gasteiger partial charge in [-0.1, -0.05) is 23.8 Å². The monoisotopic (exact) mass is 274 g/mol. The van der Waals surface area contributed by atoms with Crippen LogP contribution >= 0.6 is 0 Å². The Morgan fingerprint density at radius 1 is 1.20 bits per heavy atom. The highest BCUT2D eigenvalue weighted by molar-refractivity contribution is 5.57. The predicted octanol–water partition coefficient (Wildman–Crippen LogP) is 3.96. The van der Waals surface area contributed by atoms with Crippen LogP contribution < -0.4 is 5.32 Å². The van der Waals surface area contributed by atoms with Crippen LogP contribution in [-0.2, 0) is 6.54 Å². The molecule has 0 unspecified atom stereocenters. The summed E-state index contributed by atoms with van der Waals surface area (Å²) in [6, 6.07) is 9.48. The van der Waals surface area contributed by atoms with Crippen molar-refractivity contribution >= 4 is 11.4 Å². The van der Waals surface area contributed by atoms with Gasteiger partial charge in [0.1, 0.15) is 5.82 Å². The number of non-ortho nitro benzene ring substituents is 1. The number of nitro groups is 1. The molecule has 4 nitrogen and oxygen atoms in total. The maximum absolute atomic E-state index is 13.6. The van der Waals surface area contributed by atoms with Gasteiger partial charge in [-0.2, -0.15) is 0 Å². The Bertz CT molecular complexity index is 656. The van der Waals surface area contributed by atoms with Crippen molar-refractivity contribution in [1.29, 1.82) is 0 Å². The molecule has 0 aliphatic carbocycles. The van der Waals surface area contributed by atoms with Crippen molar-refractivity contribution in [2.75, 3.05) is 5.32 Å². The Morgan fingerprint density at radius 2 is 1.95 bits per heavy atom. The van der Waals surface area contributed by atoms with Gasteiger partial charge >= 0.3 is 0 Å². The standard InChI is InChI=1S/C15H15FN2O2/c1-10-3-6-14(16)12(7-10)9-17-15-8-13(18(19)20)5-4-11(15)2/h3-8,17H,9H2,1-2H3. The highest BCUT2D eigenvalue weighted by Gasteiger charge is 2.09. The summed E-state index contributed by atoms with van der Waals surface area (Å²) in [4.78, 5) is 10.3. The molecule has 0 fully saturated rings. The molecule has 104 valence electrons. The van der Waals surface area contributed by atoms with Gasteiger partial charge in [0.15, 0.2) is 0 Å². The van der Waals surface area contributed by atoms with E-state index in [2.05, 4.69) is 5.32 Å². The zero-order valence-electron chi connectivity index (χ0n) is 11.3. The van der Waals surface area contributed by atoms with E-state index in [0.717, 1.165) is 11.1 Å². The fourth-order valence-corrected chi connectivity index (χ4v) is 1.94. The summed E-state index contributed by atoms with van der Waals surface area (Å²) in [6.07, 6.45) is 0. The molecule has 5 heteroatoms. The van der Waals surface area contributed by atoms with Crippen molar-refractivity contribution in [3.8, 4) is 0 Å². The third-order valence-electron chi connectivity index (χ3n) is 3.10. The second kappa shape index (κ2) is 5.69. The molecule has 0 amide bonds. The molecule has 2 rings (SSSR count). The summed E-state index contributed by atoms with van der Waals surface area (Å²) in [5, 5.41) is 13.8. The van der Waals surface area contributed by atoms with E-state index >= 15 is 0 Å². The molecule has 0 radical (unpaired) electrons. The Kier molecular flexibility index (Phi) is 3.98. The number of nitro benzene ring substituents is 1. The lowest BCUT2D eigenvalue weighted by Crippen LogP contribution is -2.04. The van der Waals surface area contributed by atoms with Crippen LogP contribution in [0.5, 0.6) is 0 Å². The average Bonchev–Trinajstić information content (AvgIpc) is 2.41. The molecule has 0 atom stereocenters. The van der Waals surface area contributed by atoms with E-state index in [9.17, 15) is 14.5 Å². The lowest BCUT2D eigenvalue weighted by Gasteiger charge is -2.10. The van der Waals surface area contributed by atoms with Crippen molar-refractivity contribution in [3.05, 3.63) is 69.0 Å². The number of aryl methyl sites for hydroxylation is 2. The van der Waals surface area contributed by atoms with Crippen LogP contribution in [0, 0.1) is 29.8 Å². The first-order valence-electron chi connectivity index (χ1n) is 6.21. The average molecular weight is 274 g/mol. The van der Waals surface area contributed by atoms with Crippen LogP contribution in [0.15, 0.2) is 36.4 Å². The minimum absolute atomic E-state index is 0.0165. The van der Waals surface area contributed by atoms with Crippen molar-refractivity contribution in [2.24, 2.45) is 0 Å². The topological polar surface area (TPSA) is 55.2 Å². The maximum Gasteiger partial charge on any atom is 0.271 e. The van der Waals surface area contributed by atoms with Gasteiger partial charge in [-0.05, 0) is 25.5 Å². The Morgan fingerprint density at radius 3 is 2.65 bits per heavy atom. The van der Waals surface area contributed by atoms with Crippen molar-refractivity contribution < 1.29 is 9.31 Å². The second-order valence-corrected chi connectivity index (χ2v) is 4.70. The van der Waals surface area contributed by atoms with E-state index in [1.807, 2.05) is 13.8 Å². The number of anilines is 1. The van der Waals surface area contributed by atoms with E-state index in [0.29, 0.717) is 11.3 Å². The molecule has 20 heavy (non-hydrogen) atoms. The number of halogens is 1. The lowest BCUT2D eigenvalue weighted by atomic mass is 10.1. The summed E-state index contributed by atoms with van der Waals surface area (Å²) < 4.78 is 13.6. The van der Waals surface area contributed by atoms with E-state index in [1.54, 1.807) is 18.2 Å². The number of benzene rings is 2. The number of nitrogens with zero attached hydrogens (tertiary/aromatic N) is 1. The number of nitrogens with one attached hydrogen (secondary N) is 1. The summed E-state index contributed by atoms with van der Waals surface area (Å²) in [6.45, 7) is 4.02. The zero-order valence-corrected chi connectivity index (χ0v) is 11.3. The highest BCUT2D eigenvalue weighted by atomic mass is 19.1. The number of hydrogen-bond donors (Lipinski definition) is 1. The SMILES string of the molecule is Cc1ccc(F)c(CNc2cc([N+](=O)[O-])ccc2C)c1. The van der Waals surface area contributed by atoms with Crippen LogP contribution in [0.3, 0.4) is 0 Å². The number of hydrogen-bond acceptors (Lipinski definition) is 3. The van der Waals surface area contributed by atoms with Gasteiger partial charge in [-0.15, -0.1) is 0 Å². The molecular weight excluding hydrogens is 259 g/mol. The van der Waals surface area contributed by atoms with Crippen molar-refractivity contribution in [3.63, 3.8) is 0 Å². The summed E-state index contributed by atoms with van der Waals surface area (Å²) >= 11 is 0. The normalized spacial score (nSPS) is 10.3. The highest BCUT2D eigenvalue weighted by Crippen LogP contribution is 2.23. The first-order valence-corrected chi connectivity index (χ1v) is 6.21. The van der Waals surface area contributed by atoms with Gasteiger partial charge in [-0.3, -0.25) is 10.1 Å². The van der Waals surface area contributed by atoms with Crippen molar-refractivity contribution in [2.45, 2.75) is 20.4 Å². The van der Waals surface area contributed by atoms with E-state index in [1.165, 1.54) is 18.2 Å². The van der Waals surface area contributed by atoms with Gasteiger partial charge in [-0.25, -0.2) is 4.39 Å². The molecule has 0 aliphatic rings. The van der Waals surface area contributed by atoms with Crippen LogP contribution in [0.2, 0.25) is 0 Å². The summed E-state index contributed by atoms with van der Waals surface area (Å²) in [5.41, 5.74) is 3.04. The maximum atomic E-state index is 13.6. The van der Waals surface area contributed by atoms with Crippen LogP contribution in [0.4, 0.5) is 15.8 Å². The first kappa shape index (κ1) is 14.0. The van der Waals surface area contributed by atoms with Gasteiger partial charge in [0.05, 0.1) is 4.92 Å². The van der Waals surface area contributed by atoms with E-state index in [4.69, 9.17) is 0 Å². The molecule has 0 saturated heterocycles. The Hall–Kier alpha value is -2.43. The smallest absolute Gasteiger partial charge is 0.271 e. The molecule has 0 aliphatic heterocycles. The zero-order chi connectivity index (χ0) is 14.7. The fraction of sp³-hybridized carbons (Fsp3) is 0.200. The van der Waals surface area contributed by atoms with Crippen LogP contribution in [0.25, 0.3) is 0 Å². The molecule has 1 N–H and O–H groups in total. The molecule has 0 aromatic heterocycles. The summed E-state index contributed by atoms with van der Waals surface area (Å²) in [7, 11) is 0.